The van der Waals surface area contributed by atoms with Gasteiger partial charge in [0.1, 0.15) is 18.0 Å². The van der Waals surface area contributed by atoms with Crippen LogP contribution < -0.4 is 10.6 Å². The summed E-state index contributed by atoms with van der Waals surface area (Å²) in [6.45, 7) is 0.663. The Labute approximate surface area is 157 Å². The average Bonchev–Trinajstić information content (AvgIpc) is 2.62. The molecule has 6 heteroatoms. The summed E-state index contributed by atoms with van der Waals surface area (Å²) in [6, 6.07) is 12.4. The zero-order chi connectivity index (χ0) is 18.6. The first-order valence-electron chi connectivity index (χ1n) is 9.23. The van der Waals surface area contributed by atoms with Gasteiger partial charge in [-0.2, -0.15) is 0 Å². The van der Waals surface area contributed by atoms with E-state index in [9.17, 15) is 9.18 Å². The highest BCUT2D eigenvalue weighted by Gasteiger charge is 2.24. The van der Waals surface area contributed by atoms with Gasteiger partial charge >= 0.3 is 0 Å². The first-order chi connectivity index (χ1) is 13.2. The summed E-state index contributed by atoms with van der Waals surface area (Å²) in [5.41, 5.74) is 2.69. The number of hydrogen-bond acceptors (Lipinski definition) is 4. The molecule has 0 unspecified atom stereocenters. The lowest BCUT2D eigenvalue weighted by atomic mass is 9.85. The third kappa shape index (κ3) is 4.05. The number of carbonyl (C=O) groups excluding carboxylic acids is 1. The van der Waals surface area contributed by atoms with E-state index in [-0.39, 0.29) is 17.6 Å². The highest BCUT2D eigenvalue weighted by molar-refractivity contribution is 5.93. The van der Waals surface area contributed by atoms with Gasteiger partial charge in [-0.1, -0.05) is 18.6 Å². The van der Waals surface area contributed by atoms with Crippen molar-refractivity contribution in [2.24, 2.45) is 5.92 Å². The summed E-state index contributed by atoms with van der Waals surface area (Å²) >= 11 is 0. The van der Waals surface area contributed by atoms with Crippen LogP contribution in [-0.2, 0) is 11.2 Å². The van der Waals surface area contributed by atoms with Crippen LogP contribution >= 0.6 is 0 Å². The molecule has 1 aliphatic carbocycles. The molecule has 1 heterocycles. The quantitative estimate of drug-likeness (QED) is 0.689. The van der Waals surface area contributed by atoms with Crippen molar-refractivity contribution in [1.82, 2.24) is 9.97 Å². The monoisotopic (exact) mass is 364 g/mol. The smallest absolute Gasteiger partial charge is 0.227 e. The molecule has 0 radical (unpaired) electrons. The molecular weight excluding hydrogens is 343 g/mol. The van der Waals surface area contributed by atoms with Gasteiger partial charge in [0.2, 0.25) is 5.91 Å². The fourth-order valence-electron chi connectivity index (χ4n) is 3.16. The van der Waals surface area contributed by atoms with Gasteiger partial charge in [-0.3, -0.25) is 4.79 Å². The van der Waals surface area contributed by atoms with Gasteiger partial charge < -0.3 is 10.6 Å². The van der Waals surface area contributed by atoms with Crippen molar-refractivity contribution in [3.63, 3.8) is 0 Å². The molecular formula is C21H21FN4O. The van der Waals surface area contributed by atoms with E-state index in [1.807, 2.05) is 24.3 Å². The number of nitrogens with one attached hydrogen (secondary N) is 2. The van der Waals surface area contributed by atoms with Crippen LogP contribution in [0.4, 0.5) is 15.9 Å². The number of amides is 1. The molecule has 3 aromatic rings. The number of halogens is 1. The Hall–Kier alpha value is -3.02. The Morgan fingerprint density at radius 3 is 2.67 bits per heavy atom. The van der Waals surface area contributed by atoms with E-state index in [4.69, 9.17) is 0 Å². The second-order valence-corrected chi connectivity index (χ2v) is 6.87. The zero-order valence-corrected chi connectivity index (χ0v) is 14.9. The fourth-order valence-corrected chi connectivity index (χ4v) is 3.16. The van der Waals surface area contributed by atoms with Crippen molar-refractivity contribution in [1.29, 1.82) is 0 Å². The summed E-state index contributed by atoms with van der Waals surface area (Å²) in [5.74, 6) is 0.628. The zero-order valence-electron chi connectivity index (χ0n) is 14.9. The highest BCUT2D eigenvalue weighted by atomic mass is 19.1. The molecule has 1 aliphatic rings. The van der Waals surface area contributed by atoms with E-state index in [2.05, 4.69) is 20.6 Å². The van der Waals surface area contributed by atoms with Crippen molar-refractivity contribution >= 4 is 28.3 Å². The highest BCUT2D eigenvalue weighted by Crippen LogP contribution is 2.27. The number of nitrogens with zero attached hydrogens (tertiary/aromatic N) is 2. The largest absolute Gasteiger partial charge is 0.369 e. The second kappa shape index (κ2) is 7.70. The van der Waals surface area contributed by atoms with Crippen LogP contribution in [0.2, 0.25) is 0 Å². The van der Waals surface area contributed by atoms with Gasteiger partial charge in [0.25, 0.3) is 0 Å². The third-order valence-electron chi connectivity index (χ3n) is 5.00. The first kappa shape index (κ1) is 17.4. The standard InChI is InChI=1S/C21H21FN4O/c22-16-6-9-19-18(12-16)20(25-13-24-19)23-11-10-14-4-7-17(8-5-14)26-21(27)15-2-1-3-15/h4-9,12-13,15H,1-3,10-11H2,(H,26,27)(H,23,24,25). The van der Waals surface area contributed by atoms with E-state index in [1.54, 1.807) is 6.07 Å². The van der Waals surface area contributed by atoms with Crippen molar-refractivity contribution in [3.05, 3.63) is 60.2 Å². The third-order valence-corrected chi connectivity index (χ3v) is 5.00. The number of hydrogen-bond donors (Lipinski definition) is 2. The van der Waals surface area contributed by atoms with E-state index < -0.39 is 0 Å². The van der Waals surface area contributed by atoms with Gasteiger partial charge in [-0.15, -0.1) is 0 Å². The minimum atomic E-state index is -0.306. The molecule has 0 atom stereocenters. The van der Waals surface area contributed by atoms with E-state index in [1.165, 1.54) is 18.5 Å². The molecule has 2 N–H and O–H groups in total. The summed E-state index contributed by atoms with van der Waals surface area (Å²) < 4.78 is 13.5. The number of carbonyl (C=O) groups is 1. The summed E-state index contributed by atoms with van der Waals surface area (Å²) in [7, 11) is 0. The lowest BCUT2D eigenvalue weighted by molar-refractivity contribution is -0.122. The van der Waals surface area contributed by atoms with Crippen LogP contribution in [0.25, 0.3) is 10.9 Å². The molecule has 1 aromatic heterocycles. The van der Waals surface area contributed by atoms with E-state index in [0.717, 1.165) is 36.9 Å². The fraction of sp³-hybridized carbons (Fsp3) is 0.286. The minimum absolute atomic E-state index is 0.124. The van der Waals surface area contributed by atoms with Crippen LogP contribution in [0, 0.1) is 11.7 Å². The van der Waals surface area contributed by atoms with Crippen LogP contribution in [0.3, 0.4) is 0 Å². The van der Waals surface area contributed by atoms with Gasteiger partial charge in [0, 0.05) is 23.5 Å². The maximum Gasteiger partial charge on any atom is 0.227 e. The number of anilines is 2. The normalized spacial score (nSPS) is 14.0. The molecule has 1 saturated carbocycles. The van der Waals surface area contributed by atoms with E-state index in [0.29, 0.717) is 23.3 Å². The number of fused-ring (bicyclic) bond motifs is 1. The van der Waals surface area contributed by atoms with Gasteiger partial charge in [0.15, 0.2) is 0 Å². The molecule has 0 aliphatic heterocycles. The van der Waals surface area contributed by atoms with Crippen molar-refractivity contribution in [2.75, 3.05) is 17.2 Å². The van der Waals surface area contributed by atoms with Crippen molar-refractivity contribution in [2.45, 2.75) is 25.7 Å². The molecule has 1 fully saturated rings. The average molecular weight is 364 g/mol. The Bertz CT molecular complexity index is 954. The van der Waals surface area contributed by atoms with Crippen LogP contribution in [0.5, 0.6) is 0 Å². The molecule has 5 nitrogen and oxygen atoms in total. The van der Waals surface area contributed by atoms with Gasteiger partial charge in [-0.25, -0.2) is 14.4 Å². The Morgan fingerprint density at radius 2 is 1.93 bits per heavy atom. The van der Waals surface area contributed by atoms with Crippen LogP contribution in [0.15, 0.2) is 48.8 Å². The summed E-state index contributed by atoms with van der Waals surface area (Å²) in [4.78, 5) is 20.4. The number of benzene rings is 2. The summed E-state index contributed by atoms with van der Waals surface area (Å²) in [5, 5.41) is 6.90. The Balaban J connectivity index is 1.34. The first-order valence-corrected chi connectivity index (χ1v) is 9.23. The number of rotatable bonds is 6. The van der Waals surface area contributed by atoms with Gasteiger partial charge in [-0.05, 0) is 55.2 Å². The molecule has 0 bridgehead atoms. The predicted molar refractivity (Wildman–Crippen MR) is 104 cm³/mol. The van der Waals surface area contributed by atoms with Crippen LogP contribution in [-0.4, -0.2) is 22.4 Å². The maximum atomic E-state index is 13.5. The van der Waals surface area contributed by atoms with Crippen molar-refractivity contribution < 1.29 is 9.18 Å². The number of aromatic nitrogens is 2. The van der Waals surface area contributed by atoms with Crippen molar-refractivity contribution in [3.8, 4) is 0 Å². The van der Waals surface area contributed by atoms with Gasteiger partial charge in [0.05, 0.1) is 5.52 Å². The topological polar surface area (TPSA) is 66.9 Å². The molecule has 0 spiro atoms. The molecule has 4 rings (SSSR count). The molecule has 138 valence electrons. The Morgan fingerprint density at radius 1 is 1.11 bits per heavy atom. The van der Waals surface area contributed by atoms with E-state index >= 15 is 0 Å². The maximum absolute atomic E-state index is 13.5. The lowest BCUT2D eigenvalue weighted by Gasteiger charge is -2.24. The predicted octanol–water partition coefficient (Wildman–Crippen LogP) is 4.16. The van der Waals surface area contributed by atoms with Crippen LogP contribution in [0.1, 0.15) is 24.8 Å². The SMILES string of the molecule is O=C(Nc1ccc(CCNc2ncnc3ccc(F)cc23)cc1)C1CCC1. The summed E-state index contributed by atoms with van der Waals surface area (Å²) in [6.07, 6.45) is 5.41. The second-order valence-electron chi connectivity index (χ2n) is 6.87. The molecule has 0 saturated heterocycles. The molecule has 2 aromatic carbocycles. The Kier molecular flexibility index (Phi) is 4.96. The molecule has 1 amide bonds. The minimum Gasteiger partial charge on any atom is -0.369 e. The lowest BCUT2D eigenvalue weighted by Crippen LogP contribution is -2.27. The molecule has 27 heavy (non-hydrogen) atoms.